The van der Waals surface area contributed by atoms with Gasteiger partial charge in [0.2, 0.25) is 0 Å². The highest BCUT2D eigenvalue weighted by atomic mass is 16.5. The molecule has 0 heterocycles. The van der Waals surface area contributed by atoms with Crippen molar-refractivity contribution < 1.29 is 23.8 Å². The van der Waals surface area contributed by atoms with Crippen LogP contribution in [0.15, 0.2) is 42.5 Å². The topological polar surface area (TPSA) is 61.8 Å². The number of ketones is 1. The number of hydrogen-bond donors (Lipinski definition) is 0. The van der Waals surface area contributed by atoms with Crippen molar-refractivity contribution in [2.45, 2.75) is 26.2 Å². The van der Waals surface area contributed by atoms with Gasteiger partial charge in [0, 0.05) is 11.6 Å². The van der Waals surface area contributed by atoms with Gasteiger partial charge in [0.05, 0.1) is 14.2 Å². The highest BCUT2D eigenvalue weighted by molar-refractivity contribution is 6.00. The van der Waals surface area contributed by atoms with E-state index in [4.69, 9.17) is 14.2 Å². The highest BCUT2D eigenvalue weighted by Crippen LogP contribution is 2.25. The van der Waals surface area contributed by atoms with E-state index in [0.717, 1.165) is 5.56 Å². The van der Waals surface area contributed by atoms with Gasteiger partial charge in [-0.25, -0.2) is 4.79 Å². The number of carbonyl (C=O) groups is 2. The van der Waals surface area contributed by atoms with Gasteiger partial charge in [0.1, 0.15) is 17.1 Å². The van der Waals surface area contributed by atoms with Gasteiger partial charge < -0.3 is 14.2 Å². The summed E-state index contributed by atoms with van der Waals surface area (Å²) in [5.74, 6) is 0.0141. The molecule has 0 aliphatic carbocycles. The van der Waals surface area contributed by atoms with Crippen molar-refractivity contribution in [3.63, 3.8) is 0 Å². The number of benzene rings is 2. The van der Waals surface area contributed by atoms with Crippen molar-refractivity contribution >= 4 is 11.8 Å². The van der Waals surface area contributed by atoms with Crippen LogP contribution in [0.1, 0.15) is 47.1 Å². The number of esters is 1. The van der Waals surface area contributed by atoms with E-state index in [0.29, 0.717) is 17.1 Å². The fourth-order valence-corrected chi connectivity index (χ4v) is 2.42. The summed E-state index contributed by atoms with van der Waals surface area (Å²) in [6, 6.07) is 12.1. The molecule has 0 bridgehead atoms. The molecule has 0 amide bonds. The smallest absolute Gasteiger partial charge is 0.342 e. The van der Waals surface area contributed by atoms with E-state index in [1.807, 2.05) is 12.1 Å². The lowest BCUT2D eigenvalue weighted by molar-refractivity contribution is 0.0471. The van der Waals surface area contributed by atoms with Gasteiger partial charge >= 0.3 is 5.97 Å². The molecule has 5 nitrogen and oxygen atoms in total. The predicted molar refractivity (Wildman–Crippen MR) is 99.3 cm³/mol. The zero-order chi connectivity index (χ0) is 19.3. The minimum Gasteiger partial charge on any atom is -0.497 e. The standard InChI is InChI=1S/C21H24O5/c1-21(2,3)15-8-6-14(7-9-15)18(22)13-26-20(23)17-11-10-16(24-4)12-19(17)25-5/h6-12H,13H2,1-5H3. The Morgan fingerprint density at radius 1 is 0.923 bits per heavy atom. The summed E-state index contributed by atoms with van der Waals surface area (Å²) in [6.07, 6.45) is 0. The van der Waals surface area contributed by atoms with E-state index in [2.05, 4.69) is 20.8 Å². The van der Waals surface area contributed by atoms with Crippen LogP contribution < -0.4 is 9.47 Å². The van der Waals surface area contributed by atoms with Gasteiger partial charge in [0.15, 0.2) is 12.4 Å². The molecule has 0 atom stereocenters. The number of ether oxygens (including phenoxy) is 3. The third-order valence-electron chi connectivity index (χ3n) is 4.04. The quantitative estimate of drug-likeness (QED) is 0.577. The molecule has 0 fully saturated rings. The first kappa shape index (κ1) is 19.5. The average molecular weight is 356 g/mol. The van der Waals surface area contributed by atoms with Gasteiger partial charge in [-0.15, -0.1) is 0 Å². The van der Waals surface area contributed by atoms with Gasteiger partial charge in [-0.2, -0.15) is 0 Å². The Balaban J connectivity index is 2.04. The Morgan fingerprint density at radius 3 is 2.12 bits per heavy atom. The van der Waals surface area contributed by atoms with Crippen molar-refractivity contribution in [1.29, 1.82) is 0 Å². The van der Waals surface area contributed by atoms with Crippen LogP contribution in [-0.2, 0) is 10.2 Å². The van der Waals surface area contributed by atoms with E-state index < -0.39 is 5.97 Å². The van der Waals surface area contributed by atoms with Crippen molar-refractivity contribution in [3.8, 4) is 11.5 Å². The SMILES string of the molecule is COc1ccc(C(=O)OCC(=O)c2ccc(C(C)(C)C)cc2)c(OC)c1. The van der Waals surface area contributed by atoms with Crippen molar-refractivity contribution in [2.75, 3.05) is 20.8 Å². The Kier molecular flexibility index (Phi) is 6.03. The average Bonchev–Trinajstić information content (AvgIpc) is 2.64. The first-order valence-corrected chi connectivity index (χ1v) is 8.29. The molecule has 0 N–H and O–H groups in total. The number of hydrogen-bond acceptors (Lipinski definition) is 5. The van der Waals surface area contributed by atoms with Crippen molar-refractivity contribution in [2.24, 2.45) is 0 Å². The zero-order valence-corrected chi connectivity index (χ0v) is 15.8. The first-order chi connectivity index (χ1) is 12.3. The monoisotopic (exact) mass is 356 g/mol. The van der Waals surface area contributed by atoms with Gasteiger partial charge in [-0.1, -0.05) is 45.0 Å². The molecule has 2 aromatic carbocycles. The largest absolute Gasteiger partial charge is 0.497 e. The van der Waals surface area contributed by atoms with Crippen LogP contribution in [0.3, 0.4) is 0 Å². The molecule has 0 saturated heterocycles. The number of carbonyl (C=O) groups excluding carboxylic acids is 2. The van der Waals surface area contributed by atoms with E-state index in [9.17, 15) is 9.59 Å². The highest BCUT2D eigenvalue weighted by Gasteiger charge is 2.18. The predicted octanol–water partition coefficient (Wildman–Crippen LogP) is 4.04. The van der Waals surface area contributed by atoms with Crippen LogP contribution in [0.5, 0.6) is 11.5 Å². The van der Waals surface area contributed by atoms with Gasteiger partial charge in [0.25, 0.3) is 0 Å². The van der Waals surface area contributed by atoms with Gasteiger partial charge in [-0.3, -0.25) is 4.79 Å². The number of Topliss-reactive ketones (excluding diaryl/α,β-unsaturated/α-hetero) is 1. The summed E-state index contributed by atoms with van der Waals surface area (Å²) in [5.41, 5.74) is 1.89. The molecular formula is C21H24O5. The maximum atomic E-state index is 12.3. The molecular weight excluding hydrogens is 332 g/mol. The number of methoxy groups -OCH3 is 2. The molecule has 2 aromatic rings. The zero-order valence-electron chi connectivity index (χ0n) is 15.8. The van der Waals surface area contributed by atoms with Crippen LogP contribution in [0.4, 0.5) is 0 Å². The normalized spacial score (nSPS) is 11.0. The molecule has 5 heteroatoms. The Labute approximate surface area is 153 Å². The third kappa shape index (κ3) is 4.63. The van der Waals surface area contributed by atoms with Crippen molar-refractivity contribution in [1.82, 2.24) is 0 Å². The lowest BCUT2D eigenvalue weighted by Crippen LogP contribution is -2.16. The maximum absolute atomic E-state index is 12.3. The molecule has 138 valence electrons. The van der Waals surface area contributed by atoms with Crippen LogP contribution in [-0.4, -0.2) is 32.6 Å². The molecule has 0 unspecified atom stereocenters. The van der Waals surface area contributed by atoms with Crippen LogP contribution in [0.2, 0.25) is 0 Å². The Hall–Kier alpha value is -2.82. The second kappa shape index (κ2) is 8.04. The fourth-order valence-electron chi connectivity index (χ4n) is 2.42. The summed E-state index contributed by atoms with van der Waals surface area (Å²) in [6.45, 7) is 5.98. The summed E-state index contributed by atoms with van der Waals surface area (Å²) >= 11 is 0. The van der Waals surface area contributed by atoms with E-state index >= 15 is 0 Å². The first-order valence-electron chi connectivity index (χ1n) is 8.29. The number of rotatable bonds is 6. The van der Waals surface area contributed by atoms with E-state index in [-0.39, 0.29) is 23.4 Å². The summed E-state index contributed by atoms with van der Waals surface area (Å²) in [7, 11) is 2.98. The molecule has 0 spiro atoms. The minimum atomic E-state index is -0.621. The molecule has 0 aliphatic rings. The van der Waals surface area contributed by atoms with E-state index in [1.54, 1.807) is 30.3 Å². The van der Waals surface area contributed by atoms with Gasteiger partial charge in [-0.05, 0) is 23.1 Å². The van der Waals surface area contributed by atoms with Crippen LogP contribution in [0, 0.1) is 0 Å². The molecule has 0 aliphatic heterocycles. The molecule has 0 radical (unpaired) electrons. The molecule has 0 saturated carbocycles. The minimum absolute atomic E-state index is 0.0129. The van der Waals surface area contributed by atoms with E-state index in [1.165, 1.54) is 14.2 Å². The molecule has 0 aromatic heterocycles. The third-order valence-corrected chi connectivity index (χ3v) is 4.04. The molecule has 26 heavy (non-hydrogen) atoms. The Bertz CT molecular complexity index is 785. The molecule has 2 rings (SSSR count). The summed E-state index contributed by atoms with van der Waals surface area (Å²) in [4.78, 5) is 24.5. The lowest BCUT2D eigenvalue weighted by atomic mass is 9.86. The fraction of sp³-hybridized carbons (Fsp3) is 0.333. The second-order valence-electron chi connectivity index (χ2n) is 6.89. The summed E-state index contributed by atoms with van der Waals surface area (Å²) in [5, 5.41) is 0. The van der Waals surface area contributed by atoms with Crippen molar-refractivity contribution in [3.05, 3.63) is 59.2 Å². The Morgan fingerprint density at radius 2 is 1.58 bits per heavy atom. The summed E-state index contributed by atoms with van der Waals surface area (Å²) < 4.78 is 15.4. The maximum Gasteiger partial charge on any atom is 0.342 e. The second-order valence-corrected chi connectivity index (χ2v) is 6.89. The van der Waals surface area contributed by atoms with Crippen LogP contribution >= 0.6 is 0 Å². The lowest BCUT2D eigenvalue weighted by Gasteiger charge is -2.19. The van der Waals surface area contributed by atoms with Crippen LogP contribution in [0.25, 0.3) is 0 Å².